The average molecular weight is 416 g/mol. The van der Waals surface area contributed by atoms with Gasteiger partial charge < -0.3 is 10.4 Å². The Balaban J connectivity index is 1.41. The van der Waals surface area contributed by atoms with Crippen molar-refractivity contribution in [3.63, 3.8) is 0 Å². The SMILES string of the molecule is O=C(O)CCC1CCC(CNc2nc(-c3[nH]nc4ncc(F)cc34)ncc2F)CC1. The fraction of sp³-hybridized carbons (Fsp3) is 0.450. The summed E-state index contributed by atoms with van der Waals surface area (Å²) < 4.78 is 27.8. The van der Waals surface area contributed by atoms with Crippen LogP contribution < -0.4 is 5.32 Å². The summed E-state index contributed by atoms with van der Waals surface area (Å²) in [7, 11) is 0. The van der Waals surface area contributed by atoms with Crippen molar-refractivity contribution < 1.29 is 18.7 Å². The van der Waals surface area contributed by atoms with E-state index in [0.29, 0.717) is 41.5 Å². The number of carboxylic acids is 1. The molecule has 0 unspecified atom stereocenters. The van der Waals surface area contributed by atoms with Gasteiger partial charge in [0, 0.05) is 13.0 Å². The van der Waals surface area contributed by atoms with Gasteiger partial charge in [-0.1, -0.05) is 12.8 Å². The summed E-state index contributed by atoms with van der Waals surface area (Å²) in [5.74, 6) is -0.729. The highest BCUT2D eigenvalue weighted by atomic mass is 19.1. The molecule has 3 N–H and O–H groups in total. The quantitative estimate of drug-likeness (QED) is 0.537. The molecule has 0 aromatic carbocycles. The number of hydrogen-bond donors (Lipinski definition) is 3. The van der Waals surface area contributed by atoms with Crippen LogP contribution in [-0.4, -0.2) is 42.8 Å². The standard InChI is InChI=1S/C20H22F2N6O2/c21-13-7-14-17(27-28-18(14)24-9-13)20-25-10-15(22)19(26-20)23-8-12-3-1-11(2-4-12)5-6-16(29)30/h7,9-12H,1-6,8H2,(H,29,30)(H,23,25,26)(H,24,27,28). The van der Waals surface area contributed by atoms with Gasteiger partial charge in [0.1, 0.15) is 11.5 Å². The molecular formula is C20H22F2N6O2. The van der Waals surface area contributed by atoms with E-state index in [0.717, 1.165) is 38.1 Å². The number of nitrogens with zero attached hydrogens (tertiary/aromatic N) is 4. The molecule has 10 heteroatoms. The van der Waals surface area contributed by atoms with Crippen molar-refractivity contribution in [1.29, 1.82) is 0 Å². The number of rotatable bonds is 7. The van der Waals surface area contributed by atoms with Gasteiger partial charge >= 0.3 is 5.97 Å². The van der Waals surface area contributed by atoms with Crippen LogP contribution in [-0.2, 0) is 4.79 Å². The van der Waals surface area contributed by atoms with Crippen LogP contribution in [0.15, 0.2) is 18.5 Å². The molecule has 0 spiro atoms. The molecule has 8 nitrogen and oxygen atoms in total. The Hall–Kier alpha value is -3.17. The van der Waals surface area contributed by atoms with Gasteiger partial charge in [0.25, 0.3) is 0 Å². The molecule has 0 atom stereocenters. The van der Waals surface area contributed by atoms with E-state index in [1.54, 1.807) is 0 Å². The van der Waals surface area contributed by atoms with Gasteiger partial charge in [0.2, 0.25) is 0 Å². The number of carboxylic acid groups (broad SMARTS) is 1. The first-order valence-corrected chi connectivity index (χ1v) is 9.98. The van der Waals surface area contributed by atoms with Crippen molar-refractivity contribution in [2.45, 2.75) is 38.5 Å². The first kappa shape index (κ1) is 20.1. The lowest BCUT2D eigenvalue weighted by Crippen LogP contribution is -2.22. The van der Waals surface area contributed by atoms with Crippen LogP contribution in [0.4, 0.5) is 14.6 Å². The Morgan fingerprint density at radius 3 is 2.70 bits per heavy atom. The molecule has 1 saturated carbocycles. The predicted octanol–water partition coefficient (Wildman–Crippen LogP) is 3.78. The third-order valence-corrected chi connectivity index (χ3v) is 5.63. The monoisotopic (exact) mass is 416 g/mol. The topological polar surface area (TPSA) is 117 Å². The van der Waals surface area contributed by atoms with Crippen molar-refractivity contribution >= 4 is 22.8 Å². The molecular weight excluding hydrogens is 394 g/mol. The van der Waals surface area contributed by atoms with E-state index in [4.69, 9.17) is 5.11 Å². The molecule has 3 aromatic rings. The van der Waals surface area contributed by atoms with Gasteiger partial charge in [-0.2, -0.15) is 5.10 Å². The zero-order valence-electron chi connectivity index (χ0n) is 16.2. The normalized spacial score (nSPS) is 19.1. The van der Waals surface area contributed by atoms with Crippen LogP contribution in [0.3, 0.4) is 0 Å². The van der Waals surface area contributed by atoms with E-state index < -0.39 is 17.6 Å². The molecule has 3 aromatic heterocycles. The van der Waals surface area contributed by atoms with Crippen molar-refractivity contribution in [2.24, 2.45) is 11.8 Å². The van der Waals surface area contributed by atoms with E-state index in [1.165, 1.54) is 6.07 Å². The number of halogens is 2. The van der Waals surface area contributed by atoms with E-state index in [1.807, 2.05) is 0 Å². The van der Waals surface area contributed by atoms with Gasteiger partial charge in [-0.25, -0.2) is 23.7 Å². The second-order valence-electron chi connectivity index (χ2n) is 7.71. The minimum atomic E-state index is -0.752. The molecule has 0 aliphatic heterocycles. The molecule has 4 rings (SSSR count). The average Bonchev–Trinajstić information content (AvgIpc) is 3.15. The molecule has 1 aliphatic rings. The first-order valence-electron chi connectivity index (χ1n) is 9.98. The smallest absolute Gasteiger partial charge is 0.303 e. The Morgan fingerprint density at radius 1 is 1.17 bits per heavy atom. The highest BCUT2D eigenvalue weighted by Gasteiger charge is 2.22. The number of aliphatic carboxylic acids is 1. The molecule has 0 saturated heterocycles. The fourth-order valence-corrected chi connectivity index (χ4v) is 3.95. The Kier molecular flexibility index (Phi) is 5.82. The Morgan fingerprint density at radius 2 is 1.93 bits per heavy atom. The summed E-state index contributed by atoms with van der Waals surface area (Å²) in [5.41, 5.74) is 0.701. The van der Waals surface area contributed by atoms with Crippen LogP contribution >= 0.6 is 0 Å². The summed E-state index contributed by atoms with van der Waals surface area (Å²) in [4.78, 5) is 22.9. The first-order chi connectivity index (χ1) is 14.5. The third kappa shape index (κ3) is 4.52. The molecule has 3 heterocycles. The maximum Gasteiger partial charge on any atom is 0.303 e. The van der Waals surface area contributed by atoms with Gasteiger partial charge in [-0.3, -0.25) is 9.89 Å². The Bertz CT molecular complexity index is 1050. The molecule has 30 heavy (non-hydrogen) atoms. The number of fused-ring (bicyclic) bond motifs is 1. The minimum Gasteiger partial charge on any atom is -0.481 e. The second kappa shape index (κ2) is 8.68. The van der Waals surface area contributed by atoms with E-state index in [2.05, 4.69) is 30.5 Å². The number of H-pyrrole nitrogens is 1. The van der Waals surface area contributed by atoms with Crippen LogP contribution in [0.25, 0.3) is 22.6 Å². The molecule has 1 aliphatic carbocycles. The molecule has 1 fully saturated rings. The highest BCUT2D eigenvalue weighted by molar-refractivity contribution is 5.88. The second-order valence-corrected chi connectivity index (χ2v) is 7.71. The van der Waals surface area contributed by atoms with Crippen LogP contribution in [0.5, 0.6) is 0 Å². The molecule has 0 radical (unpaired) electrons. The lowest BCUT2D eigenvalue weighted by molar-refractivity contribution is -0.137. The molecule has 0 bridgehead atoms. The Labute approximate surface area is 171 Å². The van der Waals surface area contributed by atoms with Crippen LogP contribution in [0, 0.1) is 23.5 Å². The van der Waals surface area contributed by atoms with Crippen LogP contribution in [0.2, 0.25) is 0 Å². The lowest BCUT2D eigenvalue weighted by atomic mass is 9.80. The van der Waals surface area contributed by atoms with Crippen molar-refractivity contribution in [2.75, 3.05) is 11.9 Å². The summed E-state index contributed by atoms with van der Waals surface area (Å²) in [5, 5.41) is 19.0. The number of pyridine rings is 1. The van der Waals surface area contributed by atoms with E-state index in [-0.39, 0.29) is 18.1 Å². The zero-order chi connectivity index (χ0) is 21.1. The van der Waals surface area contributed by atoms with Crippen molar-refractivity contribution in [1.82, 2.24) is 25.1 Å². The molecule has 158 valence electrons. The van der Waals surface area contributed by atoms with Crippen LogP contribution in [0.1, 0.15) is 38.5 Å². The number of hydrogen-bond acceptors (Lipinski definition) is 6. The maximum absolute atomic E-state index is 14.2. The van der Waals surface area contributed by atoms with Gasteiger partial charge in [0.05, 0.1) is 17.8 Å². The number of nitrogens with one attached hydrogen (secondary N) is 2. The summed E-state index contributed by atoms with van der Waals surface area (Å²) in [6.45, 7) is 0.568. The summed E-state index contributed by atoms with van der Waals surface area (Å²) >= 11 is 0. The highest BCUT2D eigenvalue weighted by Crippen LogP contribution is 2.32. The predicted molar refractivity (Wildman–Crippen MR) is 106 cm³/mol. The number of aromatic nitrogens is 5. The van der Waals surface area contributed by atoms with Gasteiger partial charge in [-0.05, 0) is 37.2 Å². The number of carbonyl (C=O) groups is 1. The van der Waals surface area contributed by atoms with Crippen molar-refractivity contribution in [3.8, 4) is 11.5 Å². The van der Waals surface area contributed by atoms with Gasteiger partial charge in [-0.15, -0.1) is 0 Å². The zero-order valence-corrected chi connectivity index (χ0v) is 16.2. The van der Waals surface area contributed by atoms with Crippen molar-refractivity contribution in [3.05, 3.63) is 30.1 Å². The fourth-order valence-electron chi connectivity index (χ4n) is 3.95. The minimum absolute atomic E-state index is 0.0834. The summed E-state index contributed by atoms with van der Waals surface area (Å²) in [6.07, 6.45) is 6.97. The number of aromatic amines is 1. The third-order valence-electron chi connectivity index (χ3n) is 5.63. The molecule has 0 amide bonds. The summed E-state index contributed by atoms with van der Waals surface area (Å²) in [6, 6.07) is 1.28. The number of anilines is 1. The largest absolute Gasteiger partial charge is 0.481 e. The lowest BCUT2D eigenvalue weighted by Gasteiger charge is -2.28. The van der Waals surface area contributed by atoms with E-state index in [9.17, 15) is 13.6 Å². The van der Waals surface area contributed by atoms with E-state index >= 15 is 0 Å². The van der Waals surface area contributed by atoms with Gasteiger partial charge in [0.15, 0.2) is 23.1 Å². The maximum atomic E-state index is 14.2.